The smallest absolute Gasteiger partial charge is 0.0199 e. The zero-order valence-corrected chi connectivity index (χ0v) is 9.50. The Bertz CT molecular complexity index is 191. The van der Waals surface area contributed by atoms with Gasteiger partial charge < -0.3 is 15.5 Å². The van der Waals surface area contributed by atoms with Crippen LogP contribution in [0, 0.1) is 5.92 Å². The quantitative estimate of drug-likeness (QED) is 0.647. The third-order valence-electron chi connectivity index (χ3n) is 2.84. The van der Waals surface area contributed by atoms with Gasteiger partial charge in [-0.05, 0) is 38.6 Å². The summed E-state index contributed by atoms with van der Waals surface area (Å²) in [5.41, 5.74) is 6.64. The van der Waals surface area contributed by atoms with Gasteiger partial charge in [-0.1, -0.05) is 6.58 Å². The van der Waals surface area contributed by atoms with Gasteiger partial charge in [-0.3, -0.25) is 0 Å². The van der Waals surface area contributed by atoms with Crippen LogP contribution < -0.4 is 5.73 Å². The second-order valence-electron chi connectivity index (χ2n) is 4.57. The molecule has 1 rings (SSSR count). The van der Waals surface area contributed by atoms with E-state index in [2.05, 4.69) is 30.5 Å². The number of hydrogen-bond donors (Lipinski definition) is 1. The van der Waals surface area contributed by atoms with Gasteiger partial charge in [0.2, 0.25) is 0 Å². The van der Waals surface area contributed by atoms with Gasteiger partial charge >= 0.3 is 0 Å². The fraction of sp³-hybridized carbons (Fsp3) is 0.818. The number of hydrogen-bond acceptors (Lipinski definition) is 3. The summed E-state index contributed by atoms with van der Waals surface area (Å²) in [6, 6.07) is 0. The highest BCUT2D eigenvalue weighted by molar-refractivity contribution is 4.98. The van der Waals surface area contributed by atoms with Crippen molar-refractivity contribution < 1.29 is 0 Å². The van der Waals surface area contributed by atoms with Gasteiger partial charge in [0.1, 0.15) is 0 Å². The van der Waals surface area contributed by atoms with Crippen molar-refractivity contribution in [1.29, 1.82) is 0 Å². The molecule has 1 unspecified atom stereocenters. The topological polar surface area (TPSA) is 32.5 Å². The highest BCUT2D eigenvalue weighted by Crippen LogP contribution is 2.15. The number of likely N-dealkylation sites (N-methyl/N-ethyl adjacent to an activating group) is 1. The maximum atomic E-state index is 5.52. The Balaban J connectivity index is 2.20. The summed E-state index contributed by atoms with van der Waals surface area (Å²) in [5.74, 6) is 0.829. The molecule has 82 valence electrons. The third-order valence-corrected chi connectivity index (χ3v) is 2.84. The van der Waals surface area contributed by atoms with Crippen molar-refractivity contribution in [2.75, 3.05) is 46.8 Å². The fourth-order valence-corrected chi connectivity index (χ4v) is 2.13. The van der Waals surface area contributed by atoms with E-state index in [-0.39, 0.29) is 0 Å². The van der Waals surface area contributed by atoms with E-state index >= 15 is 0 Å². The van der Waals surface area contributed by atoms with Gasteiger partial charge in [0.25, 0.3) is 0 Å². The van der Waals surface area contributed by atoms with Crippen LogP contribution >= 0.6 is 0 Å². The van der Waals surface area contributed by atoms with Crippen molar-refractivity contribution in [3.8, 4) is 0 Å². The van der Waals surface area contributed by atoms with Crippen LogP contribution in [0.3, 0.4) is 0 Å². The Hall–Kier alpha value is -0.380. The molecule has 0 amide bonds. The van der Waals surface area contributed by atoms with Gasteiger partial charge in [0.15, 0.2) is 0 Å². The summed E-state index contributed by atoms with van der Waals surface area (Å²) in [6.45, 7) is 9.12. The molecular weight excluding hydrogens is 174 g/mol. The molecule has 1 fully saturated rings. The van der Waals surface area contributed by atoms with Crippen molar-refractivity contribution in [2.45, 2.75) is 6.42 Å². The van der Waals surface area contributed by atoms with Crippen molar-refractivity contribution in [3.05, 3.63) is 12.2 Å². The van der Waals surface area contributed by atoms with Crippen LogP contribution in [0.25, 0.3) is 0 Å². The normalized spacial score (nSPS) is 23.3. The fourth-order valence-electron chi connectivity index (χ4n) is 2.13. The van der Waals surface area contributed by atoms with E-state index < -0.39 is 0 Å². The van der Waals surface area contributed by atoms with Gasteiger partial charge in [0.05, 0.1) is 0 Å². The van der Waals surface area contributed by atoms with Crippen LogP contribution in [0.2, 0.25) is 0 Å². The number of nitrogens with zero attached hydrogens (tertiary/aromatic N) is 2. The molecule has 0 saturated carbocycles. The molecule has 1 aliphatic heterocycles. The molecule has 1 aliphatic rings. The molecule has 0 spiro atoms. The highest BCUT2D eigenvalue weighted by Gasteiger charge is 2.20. The average molecular weight is 197 g/mol. The Morgan fingerprint density at radius 3 is 2.86 bits per heavy atom. The number of nitrogens with two attached hydrogens (primary N) is 1. The van der Waals surface area contributed by atoms with E-state index in [4.69, 9.17) is 5.73 Å². The highest BCUT2D eigenvalue weighted by atomic mass is 15.1. The Kier molecular flexibility index (Phi) is 4.58. The summed E-state index contributed by atoms with van der Waals surface area (Å²) in [5, 5.41) is 0. The predicted molar refractivity (Wildman–Crippen MR) is 61.3 cm³/mol. The van der Waals surface area contributed by atoms with Crippen molar-refractivity contribution >= 4 is 0 Å². The number of rotatable bonds is 5. The van der Waals surface area contributed by atoms with Crippen molar-refractivity contribution in [2.24, 2.45) is 11.7 Å². The third kappa shape index (κ3) is 3.78. The van der Waals surface area contributed by atoms with Crippen molar-refractivity contribution in [1.82, 2.24) is 9.80 Å². The Labute approximate surface area is 87.6 Å². The van der Waals surface area contributed by atoms with E-state index in [1.165, 1.54) is 26.1 Å². The molecule has 0 aliphatic carbocycles. The van der Waals surface area contributed by atoms with Gasteiger partial charge in [-0.15, -0.1) is 0 Å². The minimum atomic E-state index is 0.606. The second kappa shape index (κ2) is 5.49. The largest absolute Gasteiger partial charge is 0.327 e. The van der Waals surface area contributed by atoms with E-state index in [1.54, 1.807) is 0 Å². The summed E-state index contributed by atoms with van der Waals surface area (Å²) in [7, 11) is 4.35. The van der Waals surface area contributed by atoms with Crippen LogP contribution in [0.1, 0.15) is 6.42 Å². The monoisotopic (exact) mass is 197 g/mol. The number of likely N-dealkylation sites (tertiary alicyclic amines) is 1. The van der Waals surface area contributed by atoms with Crippen LogP contribution in [-0.4, -0.2) is 56.6 Å². The summed E-state index contributed by atoms with van der Waals surface area (Å²) < 4.78 is 0. The maximum absolute atomic E-state index is 5.52. The SMILES string of the molecule is C=C(CN)CN(C)CC1CCN(C)C1. The molecule has 1 heterocycles. The van der Waals surface area contributed by atoms with Crippen molar-refractivity contribution in [3.63, 3.8) is 0 Å². The lowest BCUT2D eigenvalue weighted by atomic mass is 10.1. The second-order valence-corrected chi connectivity index (χ2v) is 4.57. The van der Waals surface area contributed by atoms with E-state index in [1.807, 2.05) is 0 Å². The molecule has 0 aromatic heterocycles. The first-order valence-electron chi connectivity index (χ1n) is 5.35. The minimum absolute atomic E-state index is 0.606. The zero-order valence-electron chi connectivity index (χ0n) is 9.50. The molecule has 0 aromatic carbocycles. The maximum Gasteiger partial charge on any atom is 0.0199 e. The van der Waals surface area contributed by atoms with Crippen LogP contribution in [0.4, 0.5) is 0 Å². The molecule has 14 heavy (non-hydrogen) atoms. The minimum Gasteiger partial charge on any atom is -0.327 e. The summed E-state index contributed by atoms with van der Waals surface area (Å²) in [6.07, 6.45) is 1.33. The molecule has 1 atom stereocenters. The molecule has 0 bridgehead atoms. The molecule has 2 N–H and O–H groups in total. The molecule has 0 radical (unpaired) electrons. The lowest BCUT2D eigenvalue weighted by Gasteiger charge is -2.21. The predicted octanol–water partition coefficient (Wildman–Crippen LogP) is 0.385. The molecule has 3 nitrogen and oxygen atoms in total. The van der Waals surface area contributed by atoms with Crippen LogP contribution in [0.5, 0.6) is 0 Å². The summed E-state index contributed by atoms with van der Waals surface area (Å²) in [4.78, 5) is 4.73. The van der Waals surface area contributed by atoms with Gasteiger partial charge in [0, 0.05) is 26.2 Å². The first kappa shape index (κ1) is 11.7. The standard InChI is InChI=1S/C11H23N3/c1-10(6-12)7-14(3)9-11-4-5-13(2)8-11/h11H,1,4-9,12H2,2-3H3. The first-order chi connectivity index (χ1) is 6.61. The average Bonchev–Trinajstić information content (AvgIpc) is 2.50. The molecule has 0 aromatic rings. The molecule has 1 saturated heterocycles. The van der Waals surface area contributed by atoms with Gasteiger partial charge in [-0.2, -0.15) is 0 Å². The molecule has 3 heteroatoms. The lowest BCUT2D eigenvalue weighted by Crippen LogP contribution is -2.30. The lowest BCUT2D eigenvalue weighted by molar-refractivity contribution is 0.290. The Morgan fingerprint density at radius 2 is 2.36 bits per heavy atom. The summed E-state index contributed by atoms with van der Waals surface area (Å²) >= 11 is 0. The Morgan fingerprint density at radius 1 is 1.64 bits per heavy atom. The zero-order chi connectivity index (χ0) is 10.6. The van der Waals surface area contributed by atoms with E-state index in [9.17, 15) is 0 Å². The van der Waals surface area contributed by atoms with E-state index in [0.717, 1.165) is 18.0 Å². The van der Waals surface area contributed by atoms with Crippen LogP contribution in [0.15, 0.2) is 12.2 Å². The van der Waals surface area contributed by atoms with Crippen LogP contribution in [-0.2, 0) is 0 Å². The van der Waals surface area contributed by atoms with E-state index in [0.29, 0.717) is 6.54 Å². The van der Waals surface area contributed by atoms with Gasteiger partial charge in [-0.25, -0.2) is 0 Å². The first-order valence-corrected chi connectivity index (χ1v) is 5.35. The molecular formula is C11H23N3.